The SMILES string of the molecule is CC(C)(C)OCC(=O)NCCOCCCNc1ccc2c(c1)C(=O)N(C1CCC(=O)NC1=O)C2=O. The monoisotopic (exact) mass is 488 g/mol. The molecule has 11 nitrogen and oxygen atoms in total. The Morgan fingerprint density at radius 1 is 1.09 bits per heavy atom. The molecule has 3 N–H and O–H groups in total. The van der Waals surface area contributed by atoms with Crippen LogP contribution >= 0.6 is 0 Å². The number of amides is 5. The normalized spacial score (nSPS) is 17.9. The topological polar surface area (TPSA) is 143 Å². The summed E-state index contributed by atoms with van der Waals surface area (Å²) in [7, 11) is 0. The fourth-order valence-corrected chi connectivity index (χ4v) is 3.69. The van der Waals surface area contributed by atoms with Crippen molar-refractivity contribution in [2.75, 3.05) is 38.2 Å². The maximum Gasteiger partial charge on any atom is 0.262 e. The van der Waals surface area contributed by atoms with Crippen LogP contribution in [0.4, 0.5) is 5.69 Å². The minimum atomic E-state index is -0.982. The van der Waals surface area contributed by atoms with E-state index in [4.69, 9.17) is 9.47 Å². The van der Waals surface area contributed by atoms with Crippen LogP contribution in [0, 0.1) is 0 Å². The van der Waals surface area contributed by atoms with Gasteiger partial charge in [0.05, 0.1) is 23.3 Å². The summed E-state index contributed by atoms with van der Waals surface area (Å²) in [6.45, 7) is 7.48. The zero-order valence-electron chi connectivity index (χ0n) is 20.3. The molecular formula is C24H32N4O7. The van der Waals surface area contributed by atoms with Crippen LogP contribution in [-0.2, 0) is 23.9 Å². The van der Waals surface area contributed by atoms with Gasteiger partial charge in [-0.2, -0.15) is 0 Å². The number of ether oxygens (including phenoxy) is 2. The molecule has 0 radical (unpaired) electrons. The number of anilines is 1. The molecule has 0 bridgehead atoms. The fraction of sp³-hybridized carbons (Fsp3) is 0.542. The zero-order chi connectivity index (χ0) is 25.6. The van der Waals surface area contributed by atoms with E-state index in [1.165, 1.54) is 0 Å². The first-order valence-corrected chi connectivity index (χ1v) is 11.6. The molecule has 11 heteroatoms. The molecule has 35 heavy (non-hydrogen) atoms. The number of piperidine rings is 1. The lowest BCUT2D eigenvalue weighted by atomic mass is 10.0. The van der Waals surface area contributed by atoms with Crippen molar-refractivity contribution in [3.05, 3.63) is 29.3 Å². The second-order valence-electron chi connectivity index (χ2n) is 9.35. The Morgan fingerprint density at radius 2 is 1.83 bits per heavy atom. The first-order valence-electron chi connectivity index (χ1n) is 11.6. The quantitative estimate of drug-likeness (QED) is 0.307. The standard InChI is InChI=1S/C24H32N4O7/c1-24(2,3)35-14-20(30)26-10-12-34-11-4-9-25-15-5-6-16-17(13-15)23(33)28(22(16)32)18-7-8-19(29)27-21(18)31/h5-6,13,18,25H,4,7-12,14H2,1-3H3,(H,26,30)(H,27,29,31). The van der Waals surface area contributed by atoms with Gasteiger partial charge in [-0.1, -0.05) is 0 Å². The van der Waals surface area contributed by atoms with Crippen LogP contribution in [0.25, 0.3) is 0 Å². The van der Waals surface area contributed by atoms with Crippen molar-refractivity contribution in [3.63, 3.8) is 0 Å². The number of carbonyl (C=O) groups is 5. The van der Waals surface area contributed by atoms with E-state index >= 15 is 0 Å². The first kappa shape index (κ1) is 26.3. The van der Waals surface area contributed by atoms with Gasteiger partial charge in [0.2, 0.25) is 17.7 Å². The van der Waals surface area contributed by atoms with Crippen LogP contribution in [0.1, 0.15) is 60.7 Å². The Bertz CT molecular complexity index is 1000. The van der Waals surface area contributed by atoms with Crippen molar-refractivity contribution >= 4 is 35.2 Å². The van der Waals surface area contributed by atoms with Crippen molar-refractivity contribution < 1.29 is 33.4 Å². The Hall–Kier alpha value is -3.31. The van der Waals surface area contributed by atoms with E-state index in [2.05, 4.69) is 16.0 Å². The molecule has 0 aromatic heterocycles. The maximum atomic E-state index is 12.9. The molecule has 0 saturated carbocycles. The van der Waals surface area contributed by atoms with E-state index in [1.54, 1.807) is 18.2 Å². The predicted molar refractivity (Wildman–Crippen MR) is 126 cm³/mol. The lowest BCUT2D eigenvalue weighted by Crippen LogP contribution is -2.54. The fourth-order valence-electron chi connectivity index (χ4n) is 3.69. The summed E-state index contributed by atoms with van der Waals surface area (Å²) in [4.78, 5) is 61.7. The van der Waals surface area contributed by atoms with Gasteiger partial charge in [0.25, 0.3) is 11.8 Å². The van der Waals surface area contributed by atoms with E-state index < -0.39 is 29.7 Å². The maximum absolute atomic E-state index is 12.9. The zero-order valence-corrected chi connectivity index (χ0v) is 20.3. The highest BCUT2D eigenvalue weighted by molar-refractivity contribution is 6.23. The van der Waals surface area contributed by atoms with E-state index in [0.29, 0.717) is 38.4 Å². The number of hydrogen-bond donors (Lipinski definition) is 3. The summed E-state index contributed by atoms with van der Waals surface area (Å²) in [5, 5.41) is 8.09. The van der Waals surface area contributed by atoms with E-state index in [-0.39, 0.29) is 42.1 Å². The molecule has 2 heterocycles. The molecule has 3 rings (SSSR count). The van der Waals surface area contributed by atoms with Gasteiger partial charge in [0.15, 0.2) is 0 Å². The summed E-state index contributed by atoms with van der Waals surface area (Å²) in [6, 6.07) is 3.88. The molecular weight excluding hydrogens is 456 g/mol. The van der Waals surface area contributed by atoms with Crippen molar-refractivity contribution in [1.29, 1.82) is 0 Å². The molecule has 1 saturated heterocycles. The first-order chi connectivity index (χ1) is 16.6. The molecule has 1 fully saturated rings. The Kier molecular flexibility index (Phi) is 8.57. The molecule has 5 amide bonds. The number of carbonyl (C=O) groups excluding carboxylic acids is 5. The van der Waals surface area contributed by atoms with Gasteiger partial charge < -0.3 is 20.1 Å². The number of rotatable bonds is 11. The van der Waals surface area contributed by atoms with E-state index in [9.17, 15) is 24.0 Å². The summed E-state index contributed by atoms with van der Waals surface area (Å²) < 4.78 is 10.9. The Morgan fingerprint density at radius 3 is 2.54 bits per heavy atom. The third-order valence-corrected chi connectivity index (χ3v) is 5.44. The molecule has 1 aromatic carbocycles. The van der Waals surface area contributed by atoms with Gasteiger partial charge in [-0.15, -0.1) is 0 Å². The molecule has 0 aliphatic carbocycles. The second-order valence-corrected chi connectivity index (χ2v) is 9.35. The number of hydrogen-bond acceptors (Lipinski definition) is 8. The highest BCUT2D eigenvalue weighted by Gasteiger charge is 2.44. The minimum absolute atomic E-state index is 0.00753. The molecule has 0 spiro atoms. The van der Waals surface area contributed by atoms with Crippen LogP contribution in [0.5, 0.6) is 0 Å². The lowest BCUT2D eigenvalue weighted by Gasteiger charge is -2.27. The third kappa shape index (κ3) is 7.09. The van der Waals surface area contributed by atoms with Crippen LogP contribution in [0.3, 0.4) is 0 Å². The minimum Gasteiger partial charge on any atom is -0.385 e. The summed E-state index contributed by atoms with van der Waals surface area (Å²) in [5.41, 5.74) is 0.770. The van der Waals surface area contributed by atoms with Gasteiger partial charge in [-0.25, -0.2) is 0 Å². The average molecular weight is 489 g/mol. The van der Waals surface area contributed by atoms with Gasteiger partial charge in [0, 0.05) is 31.8 Å². The highest BCUT2D eigenvalue weighted by atomic mass is 16.5. The number of imide groups is 2. The summed E-state index contributed by atoms with van der Waals surface area (Å²) in [5.74, 6) is -2.30. The van der Waals surface area contributed by atoms with E-state index in [0.717, 1.165) is 4.90 Å². The smallest absolute Gasteiger partial charge is 0.262 e. The predicted octanol–water partition coefficient (Wildman–Crippen LogP) is 0.838. The molecule has 1 atom stereocenters. The lowest BCUT2D eigenvalue weighted by molar-refractivity contribution is -0.136. The van der Waals surface area contributed by atoms with Crippen LogP contribution in [-0.4, -0.2) is 79.0 Å². The van der Waals surface area contributed by atoms with Gasteiger partial charge in [-0.3, -0.25) is 34.2 Å². The van der Waals surface area contributed by atoms with Crippen LogP contribution in [0.15, 0.2) is 18.2 Å². The van der Waals surface area contributed by atoms with Gasteiger partial charge in [-0.05, 0) is 51.8 Å². The number of nitrogens with zero attached hydrogens (tertiary/aromatic N) is 1. The molecule has 190 valence electrons. The van der Waals surface area contributed by atoms with Crippen LogP contribution < -0.4 is 16.0 Å². The molecule has 1 aromatic rings. The van der Waals surface area contributed by atoms with Crippen molar-refractivity contribution in [2.45, 2.75) is 51.7 Å². The van der Waals surface area contributed by atoms with Crippen LogP contribution in [0.2, 0.25) is 0 Å². The number of benzene rings is 1. The molecule has 2 aliphatic heterocycles. The van der Waals surface area contributed by atoms with Gasteiger partial charge in [0.1, 0.15) is 12.6 Å². The van der Waals surface area contributed by atoms with Crippen molar-refractivity contribution in [2.24, 2.45) is 0 Å². The van der Waals surface area contributed by atoms with E-state index in [1.807, 2.05) is 20.8 Å². The highest BCUT2D eigenvalue weighted by Crippen LogP contribution is 2.29. The average Bonchev–Trinajstić information content (AvgIpc) is 3.03. The van der Waals surface area contributed by atoms with Gasteiger partial charge >= 0.3 is 0 Å². The summed E-state index contributed by atoms with van der Waals surface area (Å²) in [6.07, 6.45) is 0.889. The second kappa shape index (κ2) is 11.4. The Labute approximate surface area is 203 Å². The number of nitrogens with one attached hydrogen (secondary N) is 3. The Balaban J connectivity index is 1.38. The molecule has 2 aliphatic rings. The van der Waals surface area contributed by atoms with Crippen molar-refractivity contribution in [1.82, 2.24) is 15.5 Å². The third-order valence-electron chi connectivity index (χ3n) is 5.44. The largest absolute Gasteiger partial charge is 0.385 e. The van der Waals surface area contributed by atoms with Crippen molar-refractivity contribution in [3.8, 4) is 0 Å². The summed E-state index contributed by atoms with van der Waals surface area (Å²) >= 11 is 0. The number of fused-ring (bicyclic) bond motifs is 1. The molecule has 1 unspecified atom stereocenters.